The summed E-state index contributed by atoms with van der Waals surface area (Å²) in [5.41, 5.74) is 7.43. The van der Waals surface area contributed by atoms with Crippen molar-refractivity contribution in [1.29, 1.82) is 0 Å². The van der Waals surface area contributed by atoms with Crippen molar-refractivity contribution in [1.82, 2.24) is 0 Å². The highest BCUT2D eigenvalue weighted by Gasteiger charge is 2.22. The van der Waals surface area contributed by atoms with Crippen LogP contribution in [0.1, 0.15) is 13.3 Å². The predicted octanol–water partition coefficient (Wildman–Crippen LogP) is 1.29. The van der Waals surface area contributed by atoms with Crippen LogP contribution in [0.5, 0.6) is 5.75 Å². The molecule has 0 atom stereocenters. The number of nitrogens with zero attached hydrogens (tertiary/aromatic N) is 1. The molecule has 0 saturated carbocycles. The molecular formula is C13H20N2O3S. The summed E-state index contributed by atoms with van der Waals surface area (Å²) in [4.78, 5) is 2.04. The second-order valence-electron chi connectivity index (χ2n) is 4.75. The van der Waals surface area contributed by atoms with Gasteiger partial charge >= 0.3 is 0 Å². The lowest BCUT2D eigenvalue weighted by molar-refractivity contribution is 0.317. The van der Waals surface area contributed by atoms with Gasteiger partial charge in [0.2, 0.25) is 0 Å². The van der Waals surface area contributed by atoms with Gasteiger partial charge in [-0.25, -0.2) is 8.42 Å². The van der Waals surface area contributed by atoms with E-state index < -0.39 is 9.84 Å². The fourth-order valence-corrected chi connectivity index (χ4v) is 3.26. The molecule has 1 aliphatic heterocycles. The maximum atomic E-state index is 11.4. The molecule has 1 fully saturated rings. The highest BCUT2D eigenvalue weighted by Crippen LogP contribution is 2.26. The average Bonchev–Trinajstić information content (AvgIpc) is 2.35. The summed E-state index contributed by atoms with van der Waals surface area (Å²) >= 11 is 0. The van der Waals surface area contributed by atoms with Crippen LogP contribution >= 0.6 is 0 Å². The molecule has 0 aromatic heterocycles. The van der Waals surface area contributed by atoms with Crippen molar-refractivity contribution in [2.24, 2.45) is 0 Å². The van der Waals surface area contributed by atoms with Gasteiger partial charge < -0.3 is 15.4 Å². The van der Waals surface area contributed by atoms with E-state index in [1.165, 1.54) is 0 Å². The number of hydrogen-bond donors (Lipinski definition) is 1. The fourth-order valence-electron chi connectivity index (χ4n) is 2.06. The van der Waals surface area contributed by atoms with Crippen LogP contribution in [-0.2, 0) is 9.84 Å². The summed E-state index contributed by atoms with van der Waals surface area (Å²) in [7, 11) is -2.86. The number of ether oxygens (including phenoxy) is 1. The second kappa shape index (κ2) is 5.69. The summed E-state index contributed by atoms with van der Waals surface area (Å²) in [6, 6.07) is 5.57. The first kappa shape index (κ1) is 14.0. The maximum absolute atomic E-state index is 11.4. The van der Waals surface area contributed by atoms with Crippen molar-refractivity contribution in [2.45, 2.75) is 13.3 Å². The van der Waals surface area contributed by atoms with Gasteiger partial charge in [-0.05, 0) is 12.5 Å². The van der Waals surface area contributed by atoms with Crippen LogP contribution in [0.4, 0.5) is 11.4 Å². The molecule has 0 unspecified atom stereocenters. The van der Waals surface area contributed by atoms with Crippen molar-refractivity contribution in [3.05, 3.63) is 18.2 Å². The van der Waals surface area contributed by atoms with Crippen LogP contribution in [0.25, 0.3) is 0 Å². The molecule has 5 nitrogen and oxygen atoms in total. The predicted molar refractivity (Wildman–Crippen MR) is 77.5 cm³/mol. The first-order valence-electron chi connectivity index (χ1n) is 6.49. The van der Waals surface area contributed by atoms with Crippen molar-refractivity contribution in [3.8, 4) is 5.75 Å². The first-order chi connectivity index (χ1) is 9.00. The Bertz CT molecular complexity index is 529. The summed E-state index contributed by atoms with van der Waals surface area (Å²) in [5, 5.41) is 0. The van der Waals surface area contributed by atoms with Gasteiger partial charge in [0.05, 0.1) is 18.1 Å². The normalized spacial score (nSPS) is 18.3. The zero-order valence-electron chi connectivity index (χ0n) is 11.1. The van der Waals surface area contributed by atoms with Gasteiger partial charge in [0.25, 0.3) is 0 Å². The van der Waals surface area contributed by atoms with Crippen LogP contribution in [-0.4, -0.2) is 39.6 Å². The van der Waals surface area contributed by atoms with Crippen molar-refractivity contribution >= 4 is 21.2 Å². The van der Waals surface area contributed by atoms with Gasteiger partial charge in [-0.2, -0.15) is 0 Å². The Labute approximate surface area is 114 Å². The molecule has 1 aromatic rings. The summed E-state index contributed by atoms with van der Waals surface area (Å²) in [6.07, 6.45) is 0.937. The maximum Gasteiger partial charge on any atom is 0.153 e. The number of nitrogen functional groups attached to an aromatic ring is 1. The molecule has 0 radical (unpaired) electrons. The number of sulfone groups is 1. The number of benzene rings is 1. The highest BCUT2D eigenvalue weighted by atomic mass is 32.2. The van der Waals surface area contributed by atoms with Crippen LogP contribution in [0.3, 0.4) is 0 Å². The summed E-state index contributed by atoms with van der Waals surface area (Å²) < 4.78 is 28.4. The van der Waals surface area contributed by atoms with Gasteiger partial charge in [0.1, 0.15) is 5.75 Å². The monoisotopic (exact) mass is 284 g/mol. The minimum Gasteiger partial charge on any atom is -0.493 e. The molecule has 6 heteroatoms. The second-order valence-corrected chi connectivity index (χ2v) is 7.05. The standard InChI is InChI=1S/C13H20N2O3S/c1-2-5-18-13-9-11(14)8-12(10-13)15-3-6-19(16,17)7-4-15/h8-10H,2-7,14H2,1H3. The average molecular weight is 284 g/mol. The van der Waals surface area contributed by atoms with E-state index in [4.69, 9.17) is 10.5 Å². The van der Waals surface area contributed by atoms with Gasteiger partial charge in [-0.15, -0.1) is 0 Å². The Balaban J connectivity index is 2.13. The third-order valence-electron chi connectivity index (χ3n) is 3.10. The molecule has 1 saturated heterocycles. The third-order valence-corrected chi connectivity index (χ3v) is 4.71. The molecule has 0 aliphatic carbocycles. The van der Waals surface area contributed by atoms with Gasteiger partial charge in [0, 0.05) is 36.6 Å². The molecule has 1 aliphatic rings. The van der Waals surface area contributed by atoms with E-state index in [-0.39, 0.29) is 11.5 Å². The van der Waals surface area contributed by atoms with Gasteiger partial charge in [-0.3, -0.25) is 0 Å². The molecule has 1 aromatic carbocycles. The molecule has 19 heavy (non-hydrogen) atoms. The van der Waals surface area contributed by atoms with Crippen LogP contribution in [0.2, 0.25) is 0 Å². The quantitative estimate of drug-likeness (QED) is 0.844. The molecule has 2 rings (SSSR count). The Morgan fingerprint density at radius 1 is 1.26 bits per heavy atom. The Kier molecular flexibility index (Phi) is 4.19. The zero-order valence-corrected chi connectivity index (χ0v) is 11.9. The molecule has 2 N–H and O–H groups in total. The number of anilines is 2. The van der Waals surface area contributed by atoms with E-state index in [0.29, 0.717) is 25.4 Å². The lowest BCUT2D eigenvalue weighted by Gasteiger charge is -2.29. The topological polar surface area (TPSA) is 72.6 Å². The van der Waals surface area contributed by atoms with Crippen molar-refractivity contribution in [2.75, 3.05) is 41.8 Å². The number of nitrogens with two attached hydrogens (primary N) is 1. The Hall–Kier alpha value is -1.43. The van der Waals surface area contributed by atoms with E-state index >= 15 is 0 Å². The smallest absolute Gasteiger partial charge is 0.153 e. The molecular weight excluding hydrogens is 264 g/mol. The SMILES string of the molecule is CCCOc1cc(N)cc(N2CCS(=O)(=O)CC2)c1. The minimum atomic E-state index is -2.86. The number of rotatable bonds is 4. The molecule has 0 spiro atoms. The zero-order chi connectivity index (χ0) is 13.9. The molecule has 1 heterocycles. The van der Waals surface area contributed by atoms with E-state index in [1.54, 1.807) is 6.07 Å². The highest BCUT2D eigenvalue weighted by molar-refractivity contribution is 7.91. The Morgan fingerprint density at radius 3 is 2.58 bits per heavy atom. The summed E-state index contributed by atoms with van der Waals surface area (Å²) in [5.74, 6) is 1.14. The third kappa shape index (κ3) is 3.76. The van der Waals surface area contributed by atoms with Crippen LogP contribution in [0.15, 0.2) is 18.2 Å². The largest absolute Gasteiger partial charge is 0.493 e. The van der Waals surface area contributed by atoms with Crippen molar-refractivity contribution in [3.63, 3.8) is 0 Å². The molecule has 0 amide bonds. The van der Waals surface area contributed by atoms with Crippen LogP contribution in [0, 0.1) is 0 Å². The van der Waals surface area contributed by atoms with Crippen LogP contribution < -0.4 is 15.4 Å². The fraction of sp³-hybridized carbons (Fsp3) is 0.538. The lowest BCUT2D eigenvalue weighted by atomic mass is 10.2. The van der Waals surface area contributed by atoms with E-state index in [0.717, 1.165) is 17.9 Å². The molecule has 0 bridgehead atoms. The van der Waals surface area contributed by atoms with E-state index in [1.807, 2.05) is 24.0 Å². The van der Waals surface area contributed by atoms with E-state index in [9.17, 15) is 8.42 Å². The first-order valence-corrected chi connectivity index (χ1v) is 8.31. The van der Waals surface area contributed by atoms with Gasteiger partial charge in [-0.1, -0.05) is 6.92 Å². The summed E-state index contributed by atoms with van der Waals surface area (Å²) in [6.45, 7) is 3.72. The minimum absolute atomic E-state index is 0.201. The number of hydrogen-bond acceptors (Lipinski definition) is 5. The van der Waals surface area contributed by atoms with E-state index in [2.05, 4.69) is 0 Å². The van der Waals surface area contributed by atoms with Gasteiger partial charge in [0.15, 0.2) is 9.84 Å². The lowest BCUT2D eigenvalue weighted by Crippen LogP contribution is -2.40. The molecule has 106 valence electrons. The Morgan fingerprint density at radius 2 is 1.95 bits per heavy atom. The van der Waals surface area contributed by atoms with Crippen molar-refractivity contribution < 1.29 is 13.2 Å².